The van der Waals surface area contributed by atoms with E-state index in [1.54, 1.807) is 48.5 Å². The number of H-pyrrole nitrogens is 1. The third kappa shape index (κ3) is 3.46. The zero-order chi connectivity index (χ0) is 16.2. The van der Waals surface area contributed by atoms with E-state index in [1.165, 1.54) is 0 Å². The van der Waals surface area contributed by atoms with E-state index in [0.717, 1.165) is 16.7 Å². The molecule has 0 unspecified atom stereocenters. The van der Waals surface area contributed by atoms with Crippen LogP contribution in [0.4, 0.5) is 0 Å². The van der Waals surface area contributed by atoms with Crippen LogP contribution in [-0.2, 0) is 0 Å². The van der Waals surface area contributed by atoms with Crippen molar-refractivity contribution in [2.45, 2.75) is 0 Å². The number of hydrogen-bond acceptors (Lipinski definition) is 3. The predicted octanol–water partition coefficient (Wildman–Crippen LogP) is 3.37. The van der Waals surface area contributed by atoms with Crippen LogP contribution in [0.2, 0.25) is 5.02 Å². The Balaban J connectivity index is 1.61. The quantitative estimate of drug-likeness (QED) is 0.780. The van der Waals surface area contributed by atoms with Gasteiger partial charge in [-0.1, -0.05) is 23.7 Å². The highest BCUT2D eigenvalue weighted by atomic mass is 35.5. The van der Waals surface area contributed by atoms with Crippen molar-refractivity contribution in [1.82, 2.24) is 15.1 Å². The first-order valence-electron chi connectivity index (χ1n) is 7.21. The van der Waals surface area contributed by atoms with Crippen LogP contribution in [0.15, 0.2) is 48.7 Å². The van der Waals surface area contributed by atoms with Gasteiger partial charge in [0.1, 0.15) is 12.4 Å². The number of likely N-dealkylation sites (N-methyl/N-ethyl adjacent to an activating group) is 1. The topological polar surface area (TPSA) is 58.2 Å². The molecule has 0 saturated heterocycles. The molecule has 6 heteroatoms. The molecule has 0 aliphatic carbocycles. The number of benzene rings is 2. The van der Waals surface area contributed by atoms with Crippen LogP contribution >= 0.6 is 11.6 Å². The van der Waals surface area contributed by atoms with Crippen molar-refractivity contribution < 1.29 is 9.53 Å². The second kappa shape index (κ2) is 6.71. The molecule has 0 fully saturated rings. The number of carbonyl (C=O) groups is 1. The van der Waals surface area contributed by atoms with Crippen LogP contribution in [0.1, 0.15) is 10.4 Å². The van der Waals surface area contributed by atoms with Crippen LogP contribution in [0.5, 0.6) is 5.75 Å². The summed E-state index contributed by atoms with van der Waals surface area (Å²) < 4.78 is 5.62. The van der Waals surface area contributed by atoms with Crippen LogP contribution in [0.25, 0.3) is 10.9 Å². The zero-order valence-electron chi connectivity index (χ0n) is 12.6. The molecule has 0 radical (unpaired) electrons. The first-order valence-corrected chi connectivity index (χ1v) is 7.59. The summed E-state index contributed by atoms with van der Waals surface area (Å²) in [5, 5.41) is 8.43. The van der Waals surface area contributed by atoms with Crippen LogP contribution < -0.4 is 4.74 Å². The minimum atomic E-state index is -0.0699. The third-order valence-corrected chi connectivity index (χ3v) is 3.81. The van der Waals surface area contributed by atoms with Gasteiger partial charge in [0.25, 0.3) is 5.91 Å². The lowest BCUT2D eigenvalue weighted by atomic mass is 10.1. The molecule has 3 rings (SSSR count). The molecule has 1 N–H and O–H groups in total. The van der Waals surface area contributed by atoms with Crippen LogP contribution in [0.3, 0.4) is 0 Å². The van der Waals surface area contributed by atoms with Crippen molar-refractivity contribution in [2.24, 2.45) is 0 Å². The molecule has 118 valence electrons. The number of amides is 1. The van der Waals surface area contributed by atoms with Crippen LogP contribution in [-0.4, -0.2) is 41.2 Å². The number of fused-ring (bicyclic) bond motifs is 1. The van der Waals surface area contributed by atoms with E-state index in [9.17, 15) is 4.79 Å². The van der Waals surface area contributed by atoms with Crippen molar-refractivity contribution in [3.05, 3.63) is 59.2 Å². The maximum Gasteiger partial charge on any atom is 0.255 e. The molecule has 2 aromatic carbocycles. The molecule has 0 atom stereocenters. The number of rotatable bonds is 5. The Bertz CT molecular complexity index is 814. The second-order valence-electron chi connectivity index (χ2n) is 5.17. The second-order valence-corrected chi connectivity index (χ2v) is 5.61. The largest absolute Gasteiger partial charge is 0.492 e. The number of nitrogens with one attached hydrogen (secondary N) is 1. The normalized spacial score (nSPS) is 10.7. The summed E-state index contributed by atoms with van der Waals surface area (Å²) in [7, 11) is 1.75. The standard InChI is InChI=1S/C17H16ClN3O2/c1-21(9-10-23-14-7-5-13(18)6-8-14)17(22)15-4-2-3-12-11-19-20-16(12)15/h2-8,11H,9-10H2,1H3,(H,19,20). The fourth-order valence-corrected chi connectivity index (χ4v) is 2.41. The van der Waals surface area contributed by atoms with Gasteiger partial charge in [-0.25, -0.2) is 0 Å². The number of aromatic amines is 1. The maximum absolute atomic E-state index is 12.5. The van der Waals surface area contributed by atoms with Crippen molar-refractivity contribution in [2.75, 3.05) is 20.2 Å². The average Bonchev–Trinajstić information content (AvgIpc) is 3.04. The van der Waals surface area contributed by atoms with Gasteiger partial charge in [0.2, 0.25) is 0 Å². The molecule has 0 bridgehead atoms. The van der Waals surface area contributed by atoms with Gasteiger partial charge in [-0.15, -0.1) is 0 Å². The van der Waals surface area contributed by atoms with E-state index in [2.05, 4.69) is 10.2 Å². The van der Waals surface area contributed by atoms with Crippen molar-refractivity contribution in [3.63, 3.8) is 0 Å². The van der Waals surface area contributed by atoms with Crippen molar-refractivity contribution >= 4 is 28.4 Å². The predicted molar refractivity (Wildman–Crippen MR) is 90.0 cm³/mol. The summed E-state index contributed by atoms with van der Waals surface area (Å²) in [4.78, 5) is 14.2. The SMILES string of the molecule is CN(CCOc1ccc(Cl)cc1)C(=O)c1cccc2cn[nH]c12. The Kier molecular flexibility index (Phi) is 4.48. The Morgan fingerprint density at radius 2 is 2.04 bits per heavy atom. The zero-order valence-corrected chi connectivity index (χ0v) is 13.4. The number of hydrogen-bond donors (Lipinski definition) is 1. The Morgan fingerprint density at radius 3 is 2.83 bits per heavy atom. The van der Waals surface area contributed by atoms with E-state index in [-0.39, 0.29) is 5.91 Å². The summed E-state index contributed by atoms with van der Waals surface area (Å²) >= 11 is 5.83. The van der Waals surface area contributed by atoms with Gasteiger partial charge >= 0.3 is 0 Å². The van der Waals surface area contributed by atoms with E-state index >= 15 is 0 Å². The fourth-order valence-electron chi connectivity index (χ4n) is 2.29. The monoisotopic (exact) mass is 329 g/mol. The smallest absolute Gasteiger partial charge is 0.255 e. The molecule has 0 saturated carbocycles. The maximum atomic E-state index is 12.5. The van der Waals surface area contributed by atoms with Gasteiger partial charge in [-0.3, -0.25) is 9.89 Å². The van der Waals surface area contributed by atoms with E-state index < -0.39 is 0 Å². The molecular formula is C17H16ClN3O2. The number of para-hydroxylation sites is 1. The molecule has 1 aromatic heterocycles. The molecule has 5 nitrogen and oxygen atoms in total. The molecule has 1 amide bonds. The lowest BCUT2D eigenvalue weighted by Gasteiger charge is -2.18. The summed E-state index contributed by atoms with van der Waals surface area (Å²) in [5.41, 5.74) is 1.36. The lowest BCUT2D eigenvalue weighted by Crippen LogP contribution is -2.31. The molecular weight excluding hydrogens is 314 g/mol. The highest BCUT2D eigenvalue weighted by molar-refractivity contribution is 6.30. The fraction of sp³-hybridized carbons (Fsp3) is 0.176. The van der Waals surface area contributed by atoms with Gasteiger partial charge < -0.3 is 9.64 Å². The minimum absolute atomic E-state index is 0.0699. The number of nitrogens with zero attached hydrogens (tertiary/aromatic N) is 2. The van der Waals surface area contributed by atoms with Crippen molar-refractivity contribution in [1.29, 1.82) is 0 Å². The van der Waals surface area contributed by atoms with E-state index in [0.29, 0.717) is 23.7 Å². The minimum Gasteiger partial charge on any atom is -0.492 e. The molecule has 1 heterocycles. The van der Waals surface area contributed by atoms with Crippen LogP contribution in [0, 0.1) is 0 Å². The summed E-state index contributed by atoms with van der Waals surface area (Å²) in [6.45, 7) is 0.884. The Labute approximate surface area is 138 Å². The third-order valence-electron chi connectivity index (χ3n) is 3.56. The molecule has 23 heavy (non-hydrogen) atoms. The summed E-state index contributed by atoms with van der Waals surface area (Å²) in [6, 6.07) is 12.7. The molecule has 3 aromatic rings. The van der Waals surface area contributed by atoms with E-state index in [4.69, 9.17) is 16.3 Å². The summed E-state index contributed by atoms with van der Waals surface area (Å²) in [6.07, 6.45) is 1.70. The van der Waals surface area contributed by atoms with Gasteiger partial charge in [0, 0.05) is 17.5 Å². The van der Waals surface area contributed by atoms with Gasteiger partial charge in [0.05, 0.1) is 23.8 Å². The van der Waals surface area contributed by atoms with Gasteiger partial charge in [0.15, 0.2) is 0 Å². The van der Waals surface area contributed by atoms with Gasteiger partial charge in [-0.05, 0) is 30.3 Å². The molecule has 0 aliphatic rings. The Morgan fingerprint density at radius 1 is 1.26 bits per heavy atom. The first-order chi connectivity index (χ1) is 11.1. The number of halogens is 1. The molecule has 0 aliphatic heterocycles. The van der Waals surface area contributed by atoms with E-state index in [1.807, 2.05) is 12.1 Å². The van der Waals surface area contributed by atoms with Gasteiger partial charge in [-0.2, -0.15) is 5.10 Å². The summed E-state index contributed by atoms with van der Waals surface area (Å²) in [5.74, 6) is 0.658. The van der Waals surface area contributed by atoms with Crippen molar-refractivity contribution in [3.8, 4) is 5.75 Å². The number of ether oxygens (including phenoxy) is 1. The lowest BCUT2D eigenvalue weighted by molar-refractivity contribution is 0.0775. The first kappa shape index (κ1) is 15.4. The number of aromatic nitrogens is 2. The highest BCUT2D eigenvalue weighted by Gasteiger charge is 2.15. The highest BCUT2D eigenvalue weighted by Crippen LogP contribution is 2.18. The average molecular weight is 330 g/mol. The number of carbonyl (C=O) groups excluding carboxylic acids is 1. The molecule has 0 spiro atoms. The Hall–Kier alpha value is -2.53.